The van der Waals surface area contributed by atoms with Crippen LogP contribution in [-0.2, 0) is 0 Å². The number of furan rings is 1. The maximum absolute atomic E-state index is 4.92. The normalized spacial score (nSPS) is 18.5. The monoisotopic (exact) mass is 178 g/mol. The molecule has 0 aliphatic heterocycles. The third-order valence-electron chi connectivity index (χ3n) is 2.37. The summed E-state index contributed by atoms with van der Waals surface area (Å²) in [6, 6.07) is 2.47. The first-order chi connectivity index (χ1) is 6.45. The van der Waals surface area contributed by atoms with E-state index in [1.165, 1.54) is 25.7 Å². The fourth-order valence-electron chi connectivity index (χ4n) is 1.62. The molecule has 0 radical (unpaired) electrons. The first kappa shape index (κ1) is 8.35. The van der Waals surface area contributed by atoms with Crippen LogP contribution in [0.5, 0.6) is 0 Å². The molecule has 1 fully saturated rings. The van der Waals surface area contributed by atoms with E-state index in [0.717, 1.165) is 5.56 Å². The number of rotatable bonds is 3. The van der Waals surface area contributed by atoms with Gasteiger partial charge in [-0.25, -0.2) is 0 Å². The van der Waals surface area contributed by atoms with Crippen LogP contribution in [0.25, 0.3) is 0 Å². The summed E-state index contributed by atoms with van der Waals surface area (Å²) < 4.78 is 4.92. The molecule has 3 heteroatoms. The Balaban J connectivity index is 1.78. The van der Waals surface area contributed by atoms with E-state index in [1.807, 2.05) is 6.07 Å². The zero-order valence-electron chi connectivity index (χ0n) is 7.57. The zero-order chi connectivity index (χ0) is 8.93. The molecule has 1 aromatic heterocycles. The molecule has 1 aromatic rings. The van der Waals surface area contributed by atoms with Crippen molar-refractivity contribution >= 4 is 6.21 Å². The van der Waals surface area contributed by atoms with Gasteiger partial charge in [0.1, 0.15) is 0 Å². The first-order valence-electron chi connectivity index (χ1n) is 4.76. The van der Waals surface area contributed by atoms with Crippen LogP contribution in [0, 0.1) is 0 Å². The Kier molecular flexibility index (Phi) is 2.65. The van der Waals surface area contributed by atoms with Crippen LogP contribution in [0.4, 0.5) is 0 Å². The van der Waals surface area contributed by atoms with E-state index < -0.39 is 0 Å². The Morgan fingerprint density at radius 2 is 2.31 bits per heavy atom. The van der Waals surface area contributed by atoms with Crippen molar-refractivity contribution in [3.63, 3.8) is 0 Å². The van der Waals surface area contributed by atoms with E-state index in [4.69, 9.17) is 4.42 Å². The molecule has 0 spiro atoms. The van der Waals surface area contributed by atoms with Crippen LogP contribution in [0.2, 0.25) is 0 Å². The van der Waals surface area contributed by atoms with Crippen LogP contribution in [0.15, 0.2) is 28.1 Å². The van der Waals surface area contributed by atoms with Gasteiger partial charge in [0.25, 0.3) is 0 Å². The minimum Gasteiger partial charge on any atom is -0.472 e. The molecule has 1 saturated carbocycles. The molecule has 2 rings (SSSR count). The fourth-order valence-corrected chi connectivity index (χ4v) is 1.62. The summed E-state index contributed by atoms with van der Waals surface area (Å²) >= 11 is 0. The molecule has 0 saturated heterocycles. The highest BCUT2D eigenvalue weighted by atomic mass is 16.3. The molecule has 0 atom stereocenters. The van der Waals surface area contributed by atoms with Gasteiger partial charge in [-0.1, -0.05) is 12.8 Å². The fraction of sp³-hybridized carbons (Fsp3) is 0.500. The molecule has 1 aliphatic rings. The first-order valence-corrected chi connectivity index (χ1v) is 4.76. The molecule has 1 heterocycles. The summed E-state index contributed by atoms with van der Waals surface area (Å²) in [5.41, 5.74) is 4.15. The lowest BCUT2D eigenvalue weighted by molar-refractivity contribution is 0.548. The maximum Gasteiger partial charge on any atom is 0.0991 e. The van der Waals surface area contributed by atoms with Crippen molar-refractivity contribution in [1.29, 1.82) is 0 Å². The Morgan fingerprint density at radius 1 is 1.46 bits per heavy atom. The lowest BCUT2D eigenvalue weighted by Gasteiger charge is -2.06. The summed E-state index contributed by atoms with van der Waals surface area (Å²) in [5.74, 6) is 0. The molecule has 3 nitrogen and oxygen atoms in total. The van der Waals surface area contributed by atoms with Crippen molar-refractivity contribution < 1.29 is 4.42 Å². The van der Waals surface area contributed by atoms with Crippen molar-refractivity contribution in [1.82, 2.24) is 5.43 Å². The number of hydrogen-bond acceptors (Lipinski definition) is 3. The van der Waals surface area contributed by atoms with Gasteiger partial charge in [0.2, 0.25) is 0 Å². The molecular weight excluding hydrogens is 164 g/mol. The standard InChI is InChI=1S/C10H14N2O/c1-2-4-10(3-1)12-11-7-9-5-6-13-8-9/h5-8,10,12H,1-4H2/b11-7+. The molecule has 1 aliphatic carbocycles. The molecular formula is C10H14N2O. The highest BCUT2D eigenvalue weighted by molar-refractivity contribution is 5.78. The number of hydrazone groups is 1. The predicted octanol–water partition coefficient (Wildman–Crippen LogP) is 2.15. The molecule has 0 aromatic carbocycles. The summed E-state index contributed by atoms with van der Waals surface area (Å²) in [6.45, 7) is 0. The van der Waals surface area contributed by atoms with Crippen molar-refractivity contribution in [3.8, 4) is 0 Å². The zero-order valence-corrected chi connectivity index (χ0v) is 7.57. The third-order valence-corrected chi connectivity index (χ3v) is 2.37. The van der Waals surface area contributed by atoms with Gasteiger partial charge in [-0.2, -0.15) is 5.10 Å². The second kappa shape index (κ2) is 4.12. The second-order valence-electron chi connectivity index (χ2n) is 3.43. The average molecular weight is 178 g/mol. The molecule has 13 heavy (non-hydrogen) atoms. The Bertz CT molecular complexity index is 260. The molecule has 1 N–H and O–H groups in total. The van der Waals surface area contributed by atoms with Crippen LogP contribution in [0.1, 0.15) is 31.2 Å². The average Bonchev–Trinajstić information content (AvgIpc) is 2.75. The SMILES string of the molecule is C(=N\NC1CCCC1)/c1ccoc1. The van der Waals surface area contributed by atoms with Crippen LogP contribution < -0.4 is 5.43 Å². The van der Waals surface area contributed by atoms with E-state index in [2.05, 4.69) is 10.5 Å². The number of nitrogens with one attached hydrogen (secondary N) is 1. The summed E-state index contributed by atoms with van der Waals surface area (Å²) in [6.07, 6.45) is 10.3. The van der Waals surface area contributed by atoms with Gasteiger partial charge in [-0.3, -0.25) is 0 Å². The lowest BCUT2D eigenvalue weighted by Crippen LogP contribution is -2.20. The lowest BCUT2D eigenvalue weighted by atomic mass is 10.3. The van der Waals surface area contributed by atoms with Gasteiger partial charge in [0.05, 0.1) is 18.7 Å². The third kappa shape index (κ3) is 2.34. The van der Waals surface area contributed by atoms with Gasteiger partial charge < -0.3 is 9.84 Å². The summed E-state index contributed by atoms with van der Waals surface area (Å²) in [5, 5.41) is 4.16. The minimum absolute atomic E-state index is 0.586. The smallest absolute Gasteiger partial charge is 0.0991 e. The van der Waals surface area contributed by atoms with Gasteiger partial charge in [-0.05, 0) is 18.9 Å². The van der Waals surface area contributed by atoms with Crippen LogP contribution in [0.3, 0.4) is 0 Å². The molecule has 0 bridgehead atoms. The minimum atomic E-state index is 0.586. The van der Waals surface area contributed by atoms with Crippen LogP contribution >= 0.6 is 0 Å². The number of hydrogen-bond donors (Lipinski definition) is 1. The predicted molar refractivity (Wildman–Crippen MR) is 51.7 cm³/mol. The Morgan fingerprint density at radius 3 is 3.00 bits per heavy atom. The molecule has 0 unspecified atom stereocenters. The van der Waals surface area contributed by atoms with Gasteiger partial charge in [0.15, 0.2) is 0 Å². The van der Waals surface area contributed by atoms with Gasteiger partial charge >= 0.3 is 0 Å². The topological polar surface area (TPSA) is 37.5 Å². The van der Waals surface area contributed by atoms with E-state index in [1.54, 1.807) is 18.7 Å². The van der Waals surface area contributed by atoms with E-state index in [-0.39, 0.29) is 0 Å². The molecule has 70 valence electrons. The quantitative estimate of drug-likeness (QED) is 0.568. The Labute approximate surface area is 77.8 Å². The van der Waals surface area contributed by atoms with E-state index in [0.29, 0.717) is 6.04 Å². The largest absolute Gasteiger partial charge is 0.472 e. The van der Waals surface area contributed by atoms with Crippen molar-refractivity contribution in [2.24, 2.45) is 5.10 Å². The molecule has 0 amide bonds. The highest BCUT2D eigenvalue weighted by Crippen LogP contribution is 2.17. The second-order valence-corrected chi connectivity index (χ2v) is 3.43. The van der Waals surface area contributed by atoms with E-state index in [9.17, 15) is 0 Å². The summed E-state index contributed by atoms with van der Waals surface area (Å²) in [4.78, 5) is 0. The Hall–Kier alpha value is -1.25. The van der Waals surface area contributed by atoms with Crippen LogP contribution in [-0.4, -0.2) is 12.3 Å². The van der Waals surface area contributed by atoms with Crippen molar-refractivity contribution in [3.05, 3.63) is 24.2 Å². The maximum atomic E-state index is 4.92. The highest BCUT2D eigenvalue weighted by Gasteiger charge is 2.12. The summed E-state index contributed by atoms with van der Waals surface area (Å²) in [7, 11) is 0. The van der Waals surface area contributed by atoms with Gasteiger partial charge in [0, 0.05) is 11.6 Å². The van der Waals surface area contributed by atoms with Gasteiger partial charge in [-0.15, -0.1) is 0 Å². The number of nitrogens with zero attached hydrogens (tertiary/aromatic N) is 1. The van der Waals surface area contributed by atoms with E-state index >= 15 is 0 Å². The van der Waals surface area contributed by atoms with Crippen molar-refractivity contribution in [2.45, 2.75) is 31.7 Å². The van der Waals surface area contributed by atoms with Crippen molar-refractivity contribution in [2.75, 3.05) is 0 Å².